The Balaban J connectivity index is 1.55. The van der Waals surface area contributed by atoms with Crippen molar-refractivity contribution in [3.8, 4) is 0 Å². The number of nitrogens with zero attached hydrogens (tertiary/aromatic N) is 3. The van der Waals surface area contributed by atoms with Crippen LogP contribution in [0.1, 0.15) is 42.5 Å². The van der Waals surface area contributed by atoms with Gasteiger partial charge in [0.25, 0.3) is 0 Å². The topological polar surface area (TPSA) is 52.1 Å². The summed E-state index contributed by atoms with van der Waals surface area (Å²) >= 11 is 1.90. The molecule has 0 aromatic carbocycles. The zero-order valence-electron chi connectivity index (χ0n) is 17.9. The number of ether oxygens (including phenoxy) is 1. The van der Waals surface area contributed by atoms with Gasteiger partial charge in [-0.1, -0.05) is 0 Å². The van der Waals surface area contributed by atoms with Gasteiger partial charge in [0.1, 0.15) is 0 Å². The fourth-order valence-corrected chi connectivity index (χ4v) is 5.09. The molecular formula is C21H37N5OS. The van der Waals surface area contributed by atoms with Gasteiger partial charge in [-0.3, -0.25) is 9.89 Å². The standard InChI is InChI=1S/C21H37N5OS/c1-16(2)25-9-7-18(8-10-25)24-21(22-4)23-15-19(20-6-5-17(3)28-20)26-11-13-27-14-12-26/h5-6,16,18-19H,7-15H2,1-4H3,(H2,22,23,24). The molecule has 0 spiro atoms. The molecule has 6 nitrogen and oxygen atoms in total. The highest BCUT2D eigenvalue weighted by atomic mass is 32.1. The highest BCUT2D eigenvalue weighted by molar-refractivity contribution is 7.12. The van der Waals surface area contributed by atoms with E-state index in [0.29, 0.717) is 18.1 Å². The second kappa shape index (κ2) is 10.6. The lowest BCUT2D eigenvalue weighted by molar-refractivity contribution is 0.0177. The molecular weight excluding hydrogens is 370 g/mol. The van der Waals surface area contributed by atoms with Crippen molar-refractivity contribution in [2.75, 3.05) is 53.0 Å². The van der Waals surface area contributed by atoms with Gasteiger partial charge in [-0.2, -0.15) is 0 Å². The molecule has 158 valence electrons. The number of hydrogen-bond donors (Lipinski definition) is 2. The Hall–Kier alpha value is -1.15. The van der Waals surface area contributed by atoms with Crippen LogP contribution in [0.4, 0.5) is 0 Å². The van der Waals surface area contributed by atoms with Crippen molar-refractivity contribution < 1.29 is 4.74 Å². The van der Waals surface area contributed by atoms with Gasteiger partial charge in [0.05, 0.1) is 19.3 Å². The number of aryl methyl sites for hydroxylation is 1. The van der Waals surface area contributed by atoms with Crippen molar-refractivity contribution in [2.45, 2.75) is 51.7 Å². The third-order valence-corrected chi connectivity index (χ3v) is 6.97. The van der Waals surface area contributed by atoms with E-state index >= 15 is 0 Å². The van der Waals surface area contributed by atoms with Gasteiger partial charge in [-0.15, -0.1) is 11.3 Å². The van der Waals surface area contributed by atoms with Crippen LogP contribution < -0.4 is 10.6 Å². The highest BCUT2D eigenvalue weighted by Crippen LogP contribution is 2.28. The summed E-state index contributed by atoms with van der Waals surface area (Å²) in [6, 6.07) is 6.01. The van der Waals surface area contributed by atoms with Crippen LogP contribution in [-0.4, -0.2) is 80.8 Å². The van der Waals surface area contributed by atoms with Gasteiger partial charge in [-0.05, 0) is 45.7 Å². The van der Waals surface area contributed by atoms with E-state index in [-0.39, 0.29) is 0 Å². The van der Waals surface area contributed by atoms with E-state index in [1.54, 1.807) is 0 Å². The van der Waals surface area contributed by atoms with Crippen LogP contribution in [0.3, 0.4) is 0 Å². The van der Waals surface area contributed by atoms with Crippen LogP contribution in [0.2, 0.25) is 0 Å². The Morgan fingerprint density at radius 2 is 1.89 bits per heavy atom. The summed E-state index contributed by atoms with van der Waals surface area (Å²) in [4.78, 5) is 12.4. The second-order valence-corrected chi connectivity index (χ2v) is 9.43. The number of hydrogen-bond acceptors (Lipinski definition) is 5. The molecule has 2 N–H and O–H groups in total. The largest absolute Gasteiger partial charge is 0.379 e. The molecule has 0 radical (unpaired) electrons. The maximum Gasteiger partial charge on any atom is 0.191 e. The number of thiophene rings is 1. The van der Waals surface area contributed by atoms with Crippen LogP contribution in [-0.2, 0) is 4.74 Å². The fourth-order valence-electron chi connectivity index (χ4n) is 4.07. The average Bonchev–Trinajstić information content (AvgIpc) is 3.14. The molecule has 1 aromatic rings. The molecule has 0 aliphatic carbocycles. The van der Waals surface area contributed by atoms with Gasteiger partial charge in [0.2, 0.25) is 0 Å². The normalized spacial score (nSPS) is 21.8. The first-order valence-electron chi connectivity index (χ1n) is 10.7. The average molecular weight is 408 g/mol. The van der Waals surface area contributed by atoms with Crippen molar-refractivity contribution in [1.82, 2.24) is 20.4 Å². The van der Waals surface area contributed by atoms with Crippen molar-refractivity contribution in [3.63, 3.8) is 0 Å². The lowest BCUT2D eigenvalue weighted by Gasteiger charge is -2.36. The molecule has 2 fully saturated rings. The number of aliphatic imine (C=N–C) groups is 1. The SMILES string of the molecule is CN=C(NCC(c1ccc(C)s1)N1CCOCC1)NC1CCN(C(C)C)CC1. The zero-order valence-corrected chi connectivity index (χ0v) is 18.7. The number of likely N-dealkylation sites (tertiary alicyclic amines) is 1. The Bertz CT molecular complexity index is 618. The summed E-state index contributed by atoms with van der Waals surface area (Å²) in [5.74, 6) is 0.925. The van der Waals surface area contributed by atoms with Crippen molar-refractivity contribution in [1.29, 1.82) is 0 Å². The quantitative estimate of drug-likeness (QED) is 0.560. The van der Waals surface area contributed by atoms with Gasteiger partial charge < -0.3 is 20.3 Å². The molecule has 28 heavy (non-hydrogen) atoms. The van der Waals surface area contributed by atoms with Crippen LogP contribution in [0.25, 0.3) is 0 Å². The first-order chi connectivity index (χ1) is 13.6. The Labute approximate surface area is 174 Å². The van der Waals surface area contributed by atoms with E-state index in [1.165, 1.54) is 22.6 Å². The third kappa shape index (κ3) is 5.92. The van der Waals surface area contributed by atoms with Crippen molar-refractivity contribution in [2.24, 2.45) is 4.99 Å². The number of rotatable bonds is 6. The Kier molecular flexibility index (Phi) is 8.14. The van der Waals surface area contributed by atoms with Gasteiger partial charge in [0.15, 0.2) is 5.96 Å². The minimum atomic E-state index is 0.365. The minimum Gasteiger partial charge on any atom is -0.379 e. The maximum absolute atomic E-state index is 5.56. The number of nitrogens with one attached hydrogen (secondary N) is 2. The summed E-state index contributed by atoms with van der Waals surface area (Å²) in [5.41, 5.74) is 0. The molecule has 0 saturated carbocycles. The highest BCUT2D eigenvalue weighted by Gasteiger charge is 2.25. The summed E-state index contributed by atoms with van der Waals surface area (Å²) in [6.07, 6.45) is 2.35. The number of piperidine rings is 1. The lowest BCUT2D eigenvalue weighted by Crippen LogP contribution is -2.51. The van der Waals surface area contributed by atoms with Gasteiger partial charge >= 0.3 is 0 Å². The van der Waals surface area contributed by atoms with Gasteiger partial charge in [-0.25, -0.2) is 0 Å². The summed E-state index contributed by atoms with van der Waals surface area (Å²) in [5, 5.41) is 7.26. The molecule has 0 amide bonds. The van der Waals surface area contributed by atoms with Crippen LogP contribution in [0.5, 0.6) is 0 Å². The van der Waals surface area contributed by atoms with E-state index in [9.17, 15) is 0 Å². The fraction of sp³-hybridized carbons (Fsp3) is 0.762. The molecule has 7 heteroatoms. The van der Waals surface area contributed by atoms with E-state index in [4.69, 9.17) is 4.74 Å². The number of morpholine rings is 1. The Morgan fingerprint density at radius 1 is 1.18 bits per heavy atom. The smallest absolute Gasteiger partial charge is 0.191 e. The van der Waals surface area contributed by atoms with E-state index in [1.807, 2.05) is 18.4 Å². The number of guanidine groups is 1. The predicted octanol–water partition coefficient (Wildman–Crippen LogP) is 2.47. The van der Waals surface area contributed by atoms with Gasteiger partial charge in [0, 0.05) is 61.6 Å². The molecule has 3 rings (SSSR count). The lowest BCUT2D eigenvalue weighted by atomic mass is 10.0. The minimum absolute atomic E-state index is 0.365. The molecule has 1 aromatic heterocycles. The van der Waals surface area contributed by atoms with Crippen LogP contribution in [0.15, 0.2) is 17.1 Å². The summed E-state index contributed by atoms with van der Waals surface area (Å²) < 4.78 is 5.56. The zero-order chi connectivity index (χ0) is 19.9. The maximum atomic E-state index is 5.56. The molecule has 2 aliphatic heterocycles. The van der Waals surface area contributed by atoms with Crippen LogP contribution in [0, 0.1) is 6.92 Å². The molecule has 1 unspecified atom stereocenters. The van der Waals surface area contributed by atoms with Crippen molar-refractivity contribution in [3.05, 3.63) is 21.9 Å². The third-order valence-electron chi connectivity index (χ3n) is 5.86. The first-order valence-corrected chi connectivity index (χ1v) is 11.5. The van der Waals surface area contributed by atoms with Crippen molar-refractivity contribution >= 4 is 17.3 Å². The molecule has 2 aliphatic rings. The summed E-state index contributed by atoms with van der Waals surface area (Å²) in [7, 11) is 1.87. The second-order valence-electron chi connectivity index (χ2n) is 8.11. The van der Waals surface area contributed by atoms with Crippen LogP contribution >= 0.6 is 11.3 Å². The summed E-state index contributed by atoms with van der Waals surface area (Å²) in [6.45, 7) is 13.6. The molecule has 2 saturated heterocycles. The van der Waals surface area contributed by atoms with E-state index < -0.39 is 0 Å². The van der Waals surface area contributed by atoms with E-state index in [2.05, 4.69) is 58.3 Å². The molecule has 0 bridgehead atoms. The molecule has 1 atom stereocenters. The molecule has 3 heterocycles. The predicted molar refractivity (Wildman–Crippen MR) is 118 cm³/mol. The Morgan fingerprint density at radius 3 is 2.46 bits per heavy atom. The van der Waals surface area contributed by atoms with E-state index in [0.717, 1.165) is 51.9 Å². The monoisotopic (exact) mass is 407 g/mol. The first kappa shape index (κ1) is 21.6.